The number of benzene rings is 3. The first-order valence-corrected chi connectivity index (χ1v) is 11.1. The van der Waals surface area contributed by atoms with Crippen molar-refractivity contribution in [3.8, 4) is 5.75 Å². The highest BCUT2D eigenvalue weighted by Gasteiger charge is 2.21. The summed E-state index contributed by atoms with van der Waals surface area (Å²) < 4.78 is 16.6. The molecule has 3 aromatic rings. The number of alkyl carbamates (subject to hydrolysis) is 1. The average Bonchev–Trinajstić information content (AvgIpc) is 2.87. The van der Waals surface area contributed by atoms with Gasteiger partial charge in [-0.2, -0.15) is 0 Å². The lowest BCUT2D eigenvalue weighted by Gasteiger charge is -2.15. The van der Waals surface area contributed by atoms with Crippen LogP contribution in [0, 0.1) is 0 Å². The fourth-order valence-electron chi connectivity index (χ4n) is 3.23. The molecule has 0 bridgehead atoms. The van der Waals surface area contributed by atoms with Crippen molar-refractivity contribution >= 4 is 12.1 Å². The van der Waals surface area contributed by atoms with Crippen molar-refractivity contribution in [1.82, 2.24) is 5.32 Å². The molecule has 178 valence electrons. The number of aryl methyl sites for hydroxylation is 1. The Morgan fingerprint density at radius 1 is 0.824 bits per heavy atom. The van der Waals surface area contributed by atoms with Crippen LogP contribution in [0.1, 0.15) is 23.1 Å². The number of rotatable bonds is 13. The van der Waals surface area contributed by atoms with Gasteiger partial charge in [0.1, 0.15) is 19.0 Å². The van der Waals surface area contributed by atoms with Gasteiger partial charge in [0.05, 0.1) is 6.61 Å². The third-order valence-electron chi connectivity index (χ3n) is 5.03. The lowest BCUT2D eigenvalue weighted by Crippen LogP contribution is -2.44. The predicted molar refractivity (Wildman–Crippen MR) is 128 cm³/mol. The minimum Gasteiger partial charge on any atom is -0.489 e. The Balaban J connectivity index is 1.38. The first-order valence-electron chi connectivity index (χ1n) is 11.1. The number of carboxylic acids is 1. The van der Waals surface area contributed by atoms with Crippen LogP contribution in [0.2, 0.25) is 0 Å². The van der Waals surface area contributed by atoms with E-state index in [4.69, 9.17) is 14.2 Å². The van der Waals surface area contributed by atoms with Crippen LogP contribution in [0.15, 0.2) is 84.9 Å². The number of amides is 1. The summed E-state index contributed by atoms with van der Waals surface area (Å²) in [5, 5.41) is 11.7. The number of hydrogen-bond acceptors (Lipinski definition) is 5. The third-order valence-corrected chi connectivity index (χ3v) is 5.03. The van der Waals surface area contributed by atoms with Crippen LogP contribution in [0.4, 0.5) is 4.79 Å². The van der Waals surface area contributed by atoms with Crippen molar-refractivity contribution in [3.63, 3.8) is 0 Å². The van der Waals surface area contributed by atoms with Crippen molar-refractivity contribution < 1.29 is 28.9 Å². The Kier molecular flexibility index (Phi) is 9.95. The van der Waals surface area contributed by atoms with E-state index in [1.54, 1.807) is 0 Å². The maximum atomic E-state index is 11.9. The Hall–Kier alpha value is -3.84. The second-order valence-electron chi connectivity index (χ2n) is 7.66. The van der Waals surface area contributed by atoms with E-state index in [0.29, 0.717) is 19.6 Å². The predicted octanol–water partition coefficient (Wildman–Crippen LogP) is 4.59. The number of ether oxygens (including phenoxy) is 3. The molecule has 0 aliphatic carbocycles. The van der Waals surface area contributed by atoms with Gasteiger partial charge in [0.25, 0.3) is 0 Å². The molecular formula is C27H29NO6. The van der Waals surface area contributed by atoms with Gasteiger partial charge in [-0.15, -0.1) is 0 Å². The molecule has 7 nitrogen and oxygen atoms in total. The van der Waals surface area contributed by atoms with Gasteiger partial charge in [0.15, 0.2) is 6.04 Å². The number of carbonyl (C=O) groups is 2. The topological polar surface area (TPSA) is 94.1 Å². The second-order valence-corrected chi connectivity index (χ2v) is 7.66. The molecule has 1 atom stereocenters. The van der Waals surface area contributed by atoms with Gasteiger partial charge in [-0.1, -0.05) is 78.9 Å². The van der Waals surface area contributed by atoms with Crippen LogP contribution in [-0.4, -0.2) is 36.4 Å². The molecule has 0 fully saturated rings. The van der Waals surface area contributed by atoms with E-state index in [-0.39, 0.29) is 13.2 Å². The molecule has 3 rings (SSSR count). The Morgan fingerprint density at radius 2 is 1.44 bits per heavy atom. The summed E-state index contributed by atoms with van der Waals surface area (Å²) in [5.41, 5.74) is 2.96. The summed E-state index contributed by atoms with van der Waals surface area (Å²) >= 11 is 0. The molecule has 34 heavy (non-hydrogen) atoms. The van der Waals surface area contributed by atoms with Crippen LogP contribution in [0.25, 0.3) is 0 Å². The zero-order chi connectivity index (χ0) is 24.0. The van der Waals surface area contributed by atoms with Gasteiger partial charge in [0.2, 0.25) is 0 Å². The summed E-state index contributed by atoms with van der Waals surface area (Å²) in [6, 6.07) is 25.7. The van der Waals surface area contributed by atoms with Crippen molar-refractivity contribution in [2.75, 3.05) is 13.2 Å². The number of carbonyl (C=O) groups excluding carboxylic acids is 1. The highest BCUT2D eigenvalue weighted by molar-refractivity contribution is 5.80. The van der Waals surface area contributed by atoms with Gasteiger partial charge in [-0.3, -0.25) is 0 Å². The molecule has 0 radical (unpaired) electrons. The molecule has 2 N–H and O–H groups in total. The summed E-state index contributed by atoms with van der Waals surface area (Å²) in [5.74, 6) is -0.367. The standard InChI is InChI=1S/C27H29NO6/c29-26(30)24(28-27(31)34-19-22-12-5-2-6-13-22)20-32-17-9-15-23-14-7-8-16-25(23)33-18-21-10-3-1-4-11-21/h1-8,10-14,16,24H,9,15,17-20H2,(H,28,31)(H,29,30)/t24-/m0/s1. The zero-order valence-corrected chi connectivity index (χ0v) is 18.9. The van der Waals surface area contributed by atoms with E-state index < -0.39 is 18.1 Å². The maximum absolute atomic E-state index is 11.9. The summed E-state index contributed by atoms with van der Waals surface area (Å²) in [6.45, 7) is 0.742. The smallest absolute Gasteiger partial charge is 0.408 e. The van der Waals surface area contributed by atoms with Gasteiger partial charge < -0.3 is 24.6 Å². The fraction of sp³-hybridized carbons (Fsp3) is 0.259. The minimum atomic E-state index is -1.19. The van der Waals surface area contributed by atoms with Gasteiger partial charge in [0, 0.05) is 6.61 Å². The normalized spacial score (nSPS) is 11.4. The largest absolute Gasteiger partial charge is 0.489 e. The number of para-hydroxylation sites is 1. The number of aliphatic carboxylic acids is 1. The van der Waals surface area contributed by atoms with Crippen LogP contribution < -0.4 is 10.1 Å². The molecule has 7 heteroatoms. The lowest BCUT2D eigenvalue weighted by molar-refractivity contribution is -0.141. The number of nitrogens with one attached hydrogen (secondary N) is 1. The molecular weight excluding hydrogens is 434 g/mol. The lowest BCUT2D eigenvalue weighted by atomic mass is 10.1. The van der Waals surface area contributed by atoms with Crippen molar-refractivity contribution in [1.29, 1.82) is 0 Å². The van der Waals surface area contributed by atoms with Gasteiger partial charge in [-0.25, -0.2) is 9.59 Å². The number of hydrogen-bond donors (Lipinski definition) is 2. The van der Waals surface area contributed by atoms with Crippen LogP contribution in [0.5, 0.6) is 5.75 Å². The molecule has 0 aliphatic heterocycles. The van der Waals surface area contributed by atoms with E-state index in [1.807, 2.05) is 84.9 Å². The van der Waals surface area contributed by atoms with Crippen LogP contribution in [0.3, 0.4) is 0 Å². The fourth-order valence-corrected chi connectivity index (χ4v) is 3.23. The highest BCUT2D eigenvalue weighted by atomic mass is 16.5. The van der Waals surface area contributed by atoms with Crippen molar-refractivity contribution in [2.45, 2.75) is 32.1 Å². The first-order chi connectivity index (χ1) is 16.6. The summed E-state index contributed by atoms with van der Waals surface area (Å²) in [4.78, 5) is 23.4. The Bertz CT molecular complexity index is 1030. The Labute approximate surface area is 199 Å². The third kappa shape index (κ3) is 8.60. The van der Waals surface area contributed by atoms with E-state index in [0.717, 1.165) is 28.9 Å². The number of carboxylic acid groups (broad SMARTS) is 1. The van der Waals surface area contributed by atoms with E-state index in [9.17, 15) is 14.7 Å². The SMILES string of the molecule is O=C(N[C@@H](COCCCc1ccccc1OCc1ccccc1)C(=O)O)OCc1ccccc1. The molecule has 0 aliphatic rings. The van der Waals surface area contributed by atoms with E-state index >= 15 is 0 Å². The Morgan fingerprint density at radius 3 is 2.12 bits per heavy atom. The van der Waals surface area contributed by atoms with Crippen LogP contribution >= 0.6 is 0 Å². The van der Waals surface area contributed by atoms with Gasteiger partial charge >= 0.3 is 12.1 Å². The minimum absolute atomic E-state index is 0.0611. The molecule has 3 aromatic carbocycles. The molecule has 0 aromatic heterocycles. The zero-order valence-electron chi connectivity index (χ0n) is 18.9. The quantitative estimate of drug-likeness (QED) is 0.360. The highest BCUT2D eigenvalue weighted by Crippen LogP contribution is 2.21. The molecule has 0 spiro atoms. The molecule has 1 amide bonds. The first kappa shape index (κ1) is 24.8. The molecule has 0 heterocycles. The van der Waals surface area contributed by atoms with E-state index in [1.165, 1.54) is 0 Å². The average molecular weight is 464 g/mol. The van der Waals surface area contributed by atoms with Gasteiger partial charge in [-0.05, 0) is 35.6 Å². The van der Waals surface area contributed by atoms with Crippen molar-refractivity contribution in [2.24, 2.45) is 0 Å². The van der Waals surface area contributed by atoms with Crippen LogP contribution in [-0.2, 0) is 33.9 Å². The maximum Gasteiger partial charge on any atom is 0.408 e. The van der Waals surface area contributed by atoms with Crippen molar-refractivity contribution in [3.05, 3.63) is 102 Å². The molecule has 0 unspecified atom stereocenters. The van der Waals surface area contributed by atoms with E-state index in [2.05, 4.69) is 5.32 Å². The molecule has 0 saturated heterocycles. The monoisotopic (exact) mass is 463 g/mol. The summed E-state index contributed by atoms with van der Waals surface area (Å²) in [6.07, 6.45) is 0.593. The summed E-state index contributed by atoms with van der Waals surface area (Å²) in [7, 11) is 0. The second kappa shape index (κ2) is 13.6. The molecule has 0 saturated carbocycles.